The van der Waals surface area contributed by atoms with Gasteiger partial charge >= 0.3 is 0 Å². The maximum absolute atomic E-state index is 4.09. The molecule has 0 amide bonds. The number of nitrogens with zero attached hydrogens (tertiary/aromatic N) is 1. The molecule has 0 spiro atoms. The molecule has 1 rings (SSSR count). The summed E-state index contributed by atoms with van der Waals surface area (Å²) in [7, 11) is 4.68. The average Bonchev–Trinajstić information content (AvgIpc) is 2.58. The summed E-state index contributed by atoms with van der Waals surface area (Å²) >= 11 is 0. The third-order valence-corrected chi connectivity index (χ3v) is 5.21. The molecular formula is C23H40N+. The lowest BCUT2D eigenvalue weighted by Gasteiger charge is -2.37. The van der Waals surface area contributed by atoms with Gasteiger partial charge in [-0.3, -0.25) is 0 Å². The van der Waals surface area contributed by atoms with Gasteiger partial charge in [-0.1, -0.05) is 95.2 Å². The molecule has 136 valence electrons. The maximum Gasteiger partial charge on any atom is 0.133 e. The molecule has 0 aliphatic heterocycles. The van der Waals surface area contributed by atoms with Gasteiger partial charge in [0.25, 0.3) is 0 Å². The predicted molar refractivity (Wildman–Crippen MR) is 108 cm³/mol. The van der Waals surface area contributed by atoms with Gasteiger partial charge in [-0.2, -0.15) is 0 Å². The van der Waals surface area contributed by atoms with E-state index in [0.29, 0.717) is 6.04 Å². The fourth-order valence-corrected chi connectivity index (χ4v) is 3.62. The molecule has 0 aliphatic carbocycles. The second-order valence-corrected chi connectivity index (χ2v) is 7.78. The molecule has 0 heterocycles. The van der Waals surface area contributed by atoms with E-state index in [1.54, 1.807) is 0 Å². The van der Waals surface area contributed by atoms with E-state index >= 15 is 0 Å². The molecule has 0 radical (unpaired) electrons. The standard InChI is InChI=1S/C23H40N/c1-5-7-8-9-10-11-12-13-14-18-21-24(3,4)23(6-2)22-19-16-15-17-20-22/h6,15-17,19-20,23H,2,5,7-14,18,21H2,1,3-4H3/q+1. The molecule has 1 heteroatoms. The zero-order chi connectivity index (χ0) is 17.7. The number of unbranched alkanes of at least 4 members (excludes halogenated alkanes) is 9. The van der Waals surface area contributed by atoms with Crippen molar-refractivity contribution in [3.8, 4) is 0 Å². The van der Waals surface area contributed by atoms with Crippen LogP contribution in [0, 0.1) is 0 Å². The second kappa shape index (κ2) is 12.3. The largest absolute Gasteiger partial charge is 0.319 e. The van der Waals surface area contributed by atoms with Gasteiger partial charge in [0.1, 0.15) is 6.04 Å². The summed E-state index contributed by atoms with van der Waals surface area (Å²) in [6, 6.07) is 11.2. The molecule has 1 atom stereocenters. The van der Waals surface area contributed by atoms with Crippen LogP contribution in [-0.2, 0) is 0 Å². The minimum Gasteiger partial charge on any atom is -0.319 e. The van der Waals surface area contributed by atoms with Gasteiger partial charge in [-0.15, -0.1) is 0 Å². The van der Waals surface area contributed by atoms with Crippen LogP contribution in [0.3, 0.4) is 0 Å². The highest BCUT2D eigenvalue weighted by molar-refractivity contribution is 5.20. The molecule has 0 aliphatic rings. The molecule has 0 saturated carbocycles. The van der Waals surface area contributed by atoms with Crippen molar-refractivity contribution in [3.63, 3.8) is 0 Å². The summed E-state index contributed by atoms with van der Waals surface area (Å²) in [4.78, 5) is 0. The molecule has 0 N–H and O–H groups in total. The molecule has 1 aromatic carbocycles. The van der Waals surface area contributed by atoms with Gasteiger partial charge in [-0.05, 0) is 18.9 Å². The number of quaternary nitrogens is 1. The highest BCUT2D eigenvalue weighted by Gasteiger charge is 2.26. The van der Waals surface area contributed by atoms with Crippen molar-refractivity contribution in [2.75, 3.05) is 20.6 Å². The van der Waals surface area contributed by atoms with Gasteiger partial charge in [0.2, 0.25) is 0 Å². The quantitative estimate of drug-likeness (QED) is 0.197. The normalized spacial score (nSPS) is 13.0. The fraction of sp³-hybridized carbons (Fsp3) is 0.652. The third-order valence-electron chi connectivity index (χ3n) is 5.21. The Hall–Kier alpha value is -1.08. The predicted octanol–water partition coefficient (Wildman–Crippen LogP) is 6.91. The first kappa shape index (κ1) is 21.0. The van der Waals surface area contributed by atoms with Gasteiger partial charge < -0.3 is 4.48 Å². The highest BCUT2D eigenvalue weighted by Crippen LogP contribution is 2.26. The summed E-state index contributed by atoms with van der Waals surface area (Å²) in [6.45, 7) is 7.60. The van der Waals surface area contributed by atoms with Crippen molar-refractivity contribution in [1.82, 2.24) is 0 Å². The van der Waals surface area contributed by atoms with Crippen LogP contribution < -0.4 is 0 Å². The summed E-state index contributed by atoms with van der Waals surface area (Å²) in [5, 5.41) is 0. The SMILES string of the molecule is C=CC(c1ccccc1)[N+](C)(C)CCCCCCCCCCCC. The number of benzene rings is 1. The van der Waals surface area contributed by atoms with E-state index in [1.807, 2.05) is 0 Å². The second-order valence-electron chi connectivity index (χ2n) is 7.78. The first-order valence-electron chi connectivity index (χ1n) is 10.1. The minimum absolute atomic E-state index is 0.393. The van der Waals surface area contributed by atoms with Crippen molar-refractivity contribution < 1.29 is 4.48 Å². The van der Waals surface area contributed by atoms with E-state index in [2.05, 4.69) is 64.0 Å². The Morgan fingerprint density at radius 1 is 0.833 bits per heavy atom. The summed E-state index contributed by atoms with van der Waals surface area (Å²) in [6.07, 6.45) is 16.1. The fourth-order valence-electron chi connectivity index (χ4n) is 3.62. The topological polar surface area (TPSA) is 0 Å². The smallest absolute Gasteiger partial charge is 0.133 e. The van der Waals surface area contributed by atoms with E-state index < -0.39 is 0 Å². The van der Waals surface area contributed by atoms with Crippen LogP contribution in [0.25, 0.3) is 0 Å². The number of hydrogen-bond donors (Lipinski definition) is 0. The van der Waals surface area contributed by atoms with Crippen LogP contribution >= 0.6 is 0 Å². The van der Waals surface area contributed by atoms with Gasteiger partial charge in [0.15, 0.2) is 0 Å². The van der Waals surface area contributed by atoms with E-state index in [1.165, 1.54) is 76.3 Å². The Balaban J connectivity index is 2.19. The first-order chi connectivity index (χ1) is 11.6. The lowest BCUT2D eigenvalue weighted by Crippen LogP contribution is -2.43. The summed E-state index contributed by atoms with van der Waals surface area (Å²) in [5.41, 5.74) is 1.38. The van der Waals surface area contributed by atoms with Gasteiger partial charge in [0, 0.05) is 5.56 Å². The molecule has 1 unspecified atom stereocenters. The Kier molecular flexibility index (Phi) is 10.7. The molecule has 0 aromatic heterocycles. The molecule has 0 bridgehead atoms. The van der Waals surface area contributed by atoms with Gasteiger partial charge in [0.05, 0.1) is 20.6 Å². The Morgan fingerprint density at radius 3 is 1.83 bits per heavy atom. The van der Waals surface area contributed by atoms with Crippen LogP contribution in [0.15, 0.2) is 43.0 Å². The van der Waals surface area contributed by atoms with Gasteiger partial charge in [-0.25, -0.2) is 0 Å². The molecule has 24 heavy (non-hydrogen) atoms. The Morgan fingerprint density at radius 2 is 1.33 bits per heavy atom. The molecule has 1 aromatic rings. The van der Waals surface area contributed by atoms with Crippen molar-refractivity contribution in [3.05, 3.63) is 48.6 Å². The molecule has 0 fully saturated rings. The Labute approximate surface area is 151 Å². The number of hydrogen-bond acceptors (Lipinski definition) is 0. The van der Waals surface area contributed by atoms with Crippen LogP contribution in [0.5, 0.6) is 0 Å². The Bertz CT molecular complexity index is 421. The molecule has 1 nitrogen and oxygen atoms in total. The third kappa shape index (κ3) is 8.15. The van der Waals surface area contributed by atoms with Crippen LogP contribution in [0.2, 0.25) is 0 Å². The van der Waals surface area contributed by atoms with E-state index in [4.69, 9.17) is 0 Å². The zero-order valence-corrected chi connectivity index (χ0v) is 16.5. The zero-order valence-electron chi connectivity index (χ0n) is 16.5. The van der Waals surface area contributed by atoms with Crippen molar-refractivity contribution in [2.45, 2.75) is 77.2 Å². The lowest BCUT2D eigenvalue weighted by atomic mass is 10.0. The molecule has 0 saturated heterocycles. The van der Waals surface area contributed by atoms with Crippen molar-refractivity contribution >= 4 is 0 Å². The number of rotatable bonds is 14. The van der Waals surface area contributed by atoms with Crippen molar-refractivity contribution in [2.24, 2.45) is 0 Å². The summed E-state index contributed by atoms with van der Waals surface area (Å²) < 4.78 is 1.00. The van der Waals surface area contributed by atoms with E-state index in [-0.39, 0.29) is 0 Å². The van der Waals surface area contributed by atoms with Crippen LogP contribution in [0.4, 0.5) is 0 Å². The van der Waals surface area contributed by atoms with E-state index in [0.717, 1.165) is 4.48 Å². The highest BCUT2D eigenvalue weighted by atomic mass is 15.3. The minimum atomic E-state index is 0.393. The van der Waals surface area contributed by atoms with Crippen LogP contribution in [0.1, 0.15) is 82.7 Å². The van der Waals surface area contributed by atoms with Crippen LogP contribution in [-0.4, -0.2) is 25.1 Å². The summed E-state index contributed by atoms with van der Waals surface area (Å²) in [5.74, 6) is 0. The first-order valence-corrected chi connectivity index (χ1v) is 10.1. The monoisotopic (exact) mass is 330 g/mol. The van der Waals surface area contributed by atoms with Crippen molar-refractivity contribution in [1.29, 1.82) is 0 Å². The number of likely N-dealkylation sites (N-methyl/N-ethyl adjacent to an activating group) is 1. The molecular weight excluding hydrogens is 290 g/mol. The lowest BCUT2D eigenvalue weighted by molar-refractivity contribution is -0.914. The maximum atomic E-state index is 4.09. The van der Waals surface area contributed by atoms with E-state index in [9.17, 15) is 0 Å². The average molecular weight is 331 g/mol.